The Bertz CT molecular complexity index is 6980. The van der Waals surface area contributed by atoms with Crippen LogP contribution >= 0.6 is 0 Å². The third-order valence-corrected chi connectivity index (χ3v) is 21.9. The molecule has 18 heteroatoms. The van der Waals surface area contributed by atoms with Crippen molar-refractivity contribution in [3.8, 4) is 67.3 Å². The molecule has 0 unspecified atom stereocenters. The van der Waals surface area contributed by atoms with Gasteiger partial charge in [0.05, 0.1) is 96.6 Å². The Morgan fingerprint density at radius 2 is 0.431 bits per heavy atom. The molecule has 0 aliphatic rings. The summed E-state index contributed by atoms with van der Waals surface area (Å²) in [4.78, 5) is 7.56. The largest absolute Gasteiger partial charge is 0.416 e. The zero-order chi connectivity index (χ0) is 81.7. The maximum atomic E-state index is 14.2. The smallest absolute Gasteiger partial charge is 0.310 e. The van der Waals surface area contributed by atoms with Gasteiger partial charge in [0.15, 0.2) is 11.4 Å². The molecule has 18 rings (SSSR count). The molecule has 0 saturated heterocycles. The summed E-state index contributed by atoms with van der Waals surface area (Å²) >= 11 is 0. The summed E-state index contributed by atoms with van der Waals surface area (Å²) in [5.74, 6) is 0. The Kier molecular flexibility index (Phi) is 17.9. The molecule has 14 aromatic carbocycles. The number of aromatic nitrogens is 4. The lowest BCUT2D eigenvalue weighted by Gasteiger charge is -2.21. The maximum absolute atomic E-state index is 14.2. The van der Waals surface area contributed by atoms with E-state index in [1.54, 1.807) is 60.7 Å². The van der Waals surface area contributed by atoms with Gasteiger partial charge in [0, 0.05) is 65.5 Å². The van der Waals surface area contributed by atoms with Crippen molar-refractivity contribution in [2.24, 2.45) is 0 Å². The third kappa shape index (κ3) is 13.2. The molecular formula is C98H66F12N6. The molecule has 0 saturated carbocycles. The Morgan fingerprint density at radius 1 is 0.207 bits per heavy atom. The van der Waals surface area contributed by atoms with E-state index in [-0.39, 0.29) is 34.4 Å². The zero-order valence-electron chi connectivity index (χ0n) is 63.5. The van der Waals surface area contributed by atoms with Crippen LogP contribution in [0.25, 0.3) is 164 Å². The molecular weight excluding hydrogens is 1490 g/mol. The van der Waals surface area contributed by atoms with Gasteiger partial charge in [-0.3, -0.25) is 0 Å². The zero-order valence-corrected chi connectivity index (χ0v) is 63.5. The first kappa shape index (κ1) is 75.1. The van der Waals surface area contributed by atoms with E-state index in [2.05, 4.69) is 76.5 Å². The highest BCUT2D eigenvalue weighted by Gasteiger charge is 2.39. The highest BCUT2D eigenvalue weighted by atomic mass is 19.4. The molecule has 0 aliphatic heterocycles. The molecule has 0 atom stereocenters. The minimum atomic E-state index is -5.03. The summed E-state index contributed by atoms with van der Waals surface area (Å²) in [6.45, 7) is 32.2. The van der Waals surface area contributed by atoms with Gasteiger partial charge in [-0.15, -0.1) is 0 Å². The van der Waals surface area contributed by atoms with Crippen LogP contribution in [0.1, 0.15) is 66.8 Å². The average Bonchev–Trinajstić information content (AvgIpc) is 1.56. The van der Waals surface area contributed by atoms with Crippen molar-refractivity contribution in [2.45, 2.75) is 80.1 Å². The van der Waals surface area contributed by atoms with Crippen molar-refractivity contribution >= 4 is 98.6 Å². The van der Waals surface area contributed by atoms with Crippen molar-refractivity contribution in [1.82, 2.24) is 18.3 Å². The second kappa shape index (κ2) is 27.6. The predicted octanol–water partition coefficient (Wildman–Crippen LogP) is 30.1. The Labute approximate surface area is 657 Å². The monoisotopic (exact) mass is 1550 g/mol. The Hall–Kier alpha value is -13.6. The first-order valence-corrected chi connectivity index (χ1v) is 37.2. The molecule has 4 aromatic heterocycles. The number of fused-ring (bicyclic) bond motifs is 12. The Morgan fingerprint density at radius 3 is 0.690 bits per heavy atom. The van der Waals surface area contributed by atoms with Crippen LogP contribution < -0.4 is 0 Å². The van der Waals surface area contributed by atoms with Crippen LogP contribution in [0.5, 0.6) is 0 Å². The highest BCUT2D eigenvalue weighted by molar-refractivity contribution is 6.15. The van der Waals surface area contributed by atoms with E-state index in [1.165, 1.54) is 0 Å². The van der Waals surface area contributed by atoms with Gasteiger partial charge in [-0.1, -0.05) is 123 Å². The van der Waals surface area contributed by atoms with Gasteiger partial charge < -0.3 is 18.3 Å². The lowest BCUT2D eigenvalue weighted by molar-refractivity contribution is -0.144. The molecule has 0 amide bonds. The second-order valence-corrected chi connectivity index (χ2v) is 30.2. The number of benzene rings is 14. The molecule has 116 heavy (non-hydrogen) atoms. The molecule has 0 N–H and O–H groups in total. The molecule has 0 spiro atoms. The van der Waals surface area contributed by atoms with Gasteiger partial charge in [0.2, 0.25) is 0 Å². The van der Waals surface area contributed by atoms with Crippen LogP contribution in [0.4, 0.5) is 64.1 Å². The van der Waals surface area contributed by atoms with Crippen LogP contribution in [0.3, 0.4) is 0 Å². The summed E-state index contributed by atoms with van der Waals surface area (Å²) in [6, 6.07) is 73.3. The Balaban J connectivity index is 0.000000167. The minimum Gasteiger partial charge on any atom is -0.310 e. The summed E-state index contributed by atoms with van der Waals surface area (Å²) in [7, 11) is 0. The van der Waals surface area contributed by atoms with E-state index in [0.29, 0.717) is 56.4 Å². The summed E-state index contributed by atoms with van der Waals surface area (Å²) in [5, 5.41) is 8.02. The van der Waals surface area contributed by atoms with E-state index in [9.17, 15) is 52.7 Å². The van der Waals surface area contributed by atoms with Gasteiger partial charge in [-0.05, 0) is 259 Å². The van der Waals surface area contributed by atoms with Crippen LogP contribution in [0.2, 0.25) is 0 Å². The molecule has 0 radical (unpaired) electrons. The number of rotatable bonds is 8. The first-order chi connectivity index (χ1) is 55.2. The lowest BCUT2D eigenvalue weighted by atomic mass is 9.93. The van der Waals surface area contributed by atoms with Crippen LogP contribution in [0.15, 0.2) is 255 Å². The van der Waals surface area contributed by atoms with Crippen LogP contribution in [-0.4, -0.2) is 18.3 Å². The first-order valence-electron chi connectivity index (χ1n) is 37.2. The fourth-order valence-electron chi connectivity index (χ4n) is 16.5. The topological polar surface area (TPSA) is 28.4 Å². The summed E-state index contributed by atoms with van der Waals surface area (Å²) in [6.07, 6.45) is -20.1. The lowest BCUT2D eigenvalue weighted by Crippen LogP contribution is -2.11. The van der Waals surface area contributed by atoms with Gasteiger partial charge in [0.1, 0.15) is 0 Å². The SMILES string of the molecule is [C-]#[N+]c1ccc(-c2cc(-c3cc(C(F)(F)F)cc(C(F)(F)F)c3)ccc2-n2c3ccc(C)cc3c3cc(C)ccc32)c(-n2c3ccc(C)cc3c3cc(C)ccc32)c1.[C-]#[N+]c1ccc(-n2c3ccc(C)cc3c3cc(C)ccc32)c(-c2cc(-c3cc(C(F)(F)F)cc(C(F)(F)F)c3)ccc2-n2c3ccc(C)cc3c3cc(C)ccc32)c1. The summed E-state index contributed by atoms with van der Waals surface area (Å²) < 4.78 is 179. The average molecular weight is 1560 g/mol. The van der Waals surface area contributed by atoms with Crippen molar-refractivity contribution in [2.75, 3.05) is 0 Å². The molecule has 0 aliphatic carbocycles. The van der Waals surface area contributed by atoms with E-state index in [4.69, 9.17) is 13.1 Å². The number of aryl methyl sites for hydroxylation is 8. The second-order valence-electron chi connectivity index (χ2n) is 30.2. The fraction of sp³-hybridized carbons (Fsp3) is 0.122. The molecule has 572 valence electrons. The molecule has 0 bridgehead atoms. The van der Waals surface area contributed by atoms with Crippen molar-refractivity contribution in [3.05, 3.63) is 344 Å². The van der Waals surface area contributed by atoms with Gasteiger partial charge in [0.25, 0.3) is 0 Å². The molecule has 6 nitrogen and oxygen atoms in total. The van der Waals surface area contributed by atoms with E-state index in [1.807, 2.05) is 165 Å². The number of hydrogen-bond donors (Lipinski definition) is 0. The standard InChI is InChI=1S/2C49H33F6N3/c1-27-6-13-42-37(18-27)38-19-28(2)7-14-43(38)57(42)46-17-10-31(32-22-33(48(50,51)52)25-34(23-32)49(53,54)55)24-41(46)36-12-11-35(56-5)26-47(36)58-44-15-8-29(3)20-39(44)40-21-30(4)9-16-45(40)58;1-27-6-12-42-36(18-27)37-19-28(2)7-13-43(37)57(42)46-16-10-31(32-22-33(48(50,51)52)25-34(23-32)49(53,54)55)24-40(46)41-26-35(56-5)11-17-47(41)58-44-14-8-29(3)20-38(44)39-21-30(4)9-15-45(39)58/h2*6-26H,1-4H3. The van der Waals surface area contributed by atoms with Crippen LogP contribution in [-0.2, 0) is 24.7 Å². The minimum absolute atomic E-state index is 0.143. The van der Waals surface area contributed by atoms with Gasteiger partial charge >= 0.3 is 24.7 Å². The van der Waals surface area contributed by atoms with Gasteiger partial charge in [-0.25, -0.2) is 9.69 Å². The number of alkyl halides is 12. The predicted molar refractivity (Wildman–Crippen MR) is 442 cm³/mol. The van der Waals surface area contributed by atoms with E-state index in [0.717, 1.165) is 156 Å². The normalized spacial score (nSPS) is 12.3. The van der Waals surface area contributed by atoms with E-state index >= 15 is 0 Å². The fourth-order valence-corrected chi connectivity index (χ4v) is 16.5. The maximum Gasteiger partial charge on any atom is 0.416 e. The number of nitrogens with zero attached hydrogens (tertiary/aromatic N) is 6. The quantitative estimate of drug-likeness (QED) is 0.107. The van der Waals surface area contributed by atoms with Crippen molar-refractivity contribution in [3.63, 3.8) is 0 Å². The number of hydrogen-bond acceptors (Lipinski definition) is 0. The van der Waals surface area contributed by atoms with Crippen LogP contribution in [0, 0.1) is 68.5 Å². The molecule has 4 heterocycles. The molecule has 18 aromatic rings. The third-order valence-electron chi connectivity index (χ3n) is 21.9. The van der Waals surface area contributed by atoms with Crippen molar-refractivity contribution in [1.29, 1.82) is 0 Å². The van der Waals surface area contributed by atoms with Crippen molar-refractivity contribution < 1.29 is 52.7 Å². The summed E-state index contributed by atoms with van der Waals surface area (Å²) in [5.41, 5.74) is 15.3. The highest BCUT2D eigenvalue weighted by Crippen LogP contribution is 2.50. The van der Waals surface area contributed by atoms with E-state index < -0.39 is 47.0 Å². The number of halogens is 12. The molecule has 0 fully saturated rings. The van der Waals surface area contributed by atoms with Gasteiger partial charge in [-0.2, -0.15) is 52.7 Å².